The fraction of sp³-hybridized carbons (Fsp3) is 0.154. The van der Waals surface area contributed by atoms with Crippen LogP contribution in [-0.2, 0) is 13.2 Å². The van der Waals surface area contributed by atoms with Gasteiger partial charge in [-0.3, -0.25) is 9.20 Å². The number of benzene rings is 1. The van der Waals surface area contributed by atoms with Crippen molar-refractivity contribution in [1.29, 1.82) is 0 Å². The Hall–Kier alpha value is -3.04. The highest BCUT2D eigenvalue weighted by molar-refractivity contribution is 5.79. The highest BCUT2D eigenvalue weighted by Gasteiger charge is 2.31. The van der Waals surface area contributed by atoms with Crippen molar-refractivity contribution in [3.05, 3.63) is 40.3 Å². The molecular formula is C13H8F3N3O4. The van der Waals surface area contributed by atoms with Gasteiger partial charge in [0.05, 0.1) is 22.8 Å². The van der Waals surface area contributed by atoms with Crippen LogP contribution in [0.3, 0.4) is 0 Å². The van der Waals surface area contributed by atoms with E-state index in [0.717, 1.165) is 22.9 Å². The van der Waals surface area contributed by atoms with E-state index in [1.165, 1.54) is 17.5 Å². The largest absolute Gasteiger partial charge is 0.512 e. The standard InChI is InChI=1S/C13H8F3N3O4/c1-18-8-4-6(13(14,15)16)2-3-7(8)19-5-9(23-12(21)22)17-10(19)11(18)20/h2-5H,1H3,(H,21,22). The third-order valence-corrected chi connectivity index (χ3v) is 3.30. The first-order valence-electron chi connectivity index (χ1n) is 6.18. The van der Waals surface area contributed by atoms with E-state index in [4.69, 9.17) is 5.11 Å². The summed E-state index contributed by atoms with van der Waals surface area (Å²) < 4.78 is 45.0. The van der Waals surface area contributed by atoms with E-state index < -0.39 is 23.5 Å². The topological polar surface area (TPSA) is 85.8 Å². The molecule has 0 aliphatic heterocycles. The number of halogens is 3. The zero-order valence-corrected chi connectivity index (χ0v) is 11.5. The Labute approximate surface area is 125 Å². The number of rotatable bonds is 1. The maximum atomic E-state index is 12.8. The molecule has 0 radical (unpaired) electrons. The van der Waals surface area contributed by atoms with E-state index in [-0.39, 0.29) is 22.6 Å². The van der Waals surface area contributed by atoms with Gasteiger partial charge in [0.25, 0.3) is 5.56 Å². The van der Waals surface area contributed by atoms with Crippen molar-refractivity contribution >= 4 is 22.8 Å². The minimum atomic E-state index is -4.55. The van der Waals surface area contributed by atoms with Crippen molar-refractivity contribution in [2.75, 3.05) is 0 Å². The Balaban J connectivity index is 2.37. The zero-order chi connectivity index (χ0) is 16.9. The van der Waals surface area contributed by atoms with Crippen molar-refractivity contribution in [1.82, 2.24) is 14.0 Å². The van der Waals surface area contributed by atoms with E-state index >= 15 is 0 Å². The average molecular weight is 327 g/mol. The van der Waals surface area contributed by atoms with Gasteiger partial charge in [-0.1, -0.05) is 0 Å². The molecule has 0 atom stereocenters. The van der Waals surface area contributed by atoms with Gasteiger partial charge >= 0.3 is 12.3 Å². The summed E-state index contributed by atoms with van der Waals surface area (Å²) in [5.74, 6) is -0.345. The fourth-order valence-electron chi connectivity index (χ4n) is 2.26. The smallest absolute Gasteiger partial charge is 0.449 e. The van der Waals surface area contributed by atoms with Gasteiger partial charge in [0.15, 0.2) is 0 Å². The molecule has 0 saturated heterocycles. The van der Waals surface area contributed by atoms with Crippen LogP contribution in [0.25, 0.3) is 16.7 Å². The number of aryl methyl sites for hydroxylation is 1. The lowest BCUT2D eigenvalue weighted by atomic mass is 10.2. The van der Waals surface area contributed by atoms with Gasteiger partial charge in [-0.05, 0) is 18.2 Å². The number of fused-ring (bicyclic) bond motifs is 3. The lowest BCUT2D eigenvalue weighted by Gasteiger charge is -2.11. The number of carboxylic acid groups (broad SMARTS) is 1. The number of hydrogen-bond acceptors (Lipinski definition) is 4. The first kappa shape index (κ1) is 14.9. The number of alkyl halides is 3. The Morgan fingerprint density at radius 3 is 2.61 bits per heavy atom. The maximum absolute atomic E-state index is 12.8. The molecule has 3 aromatic rings. The average Bonchev–Trinajstić information content (AvgIpc) is 2.86. The molecule has 2 aromatic heterocycles. The zero-order valence-electron chi connectivity index (χ0n) is 11.5. The number of hydrogen-bond donors (Lipinski definition) is 1. The summed E-state index contributed by atoms with van der Waals surface area (Å²) >= 11 is 0. The lowest BCUT2D eigenvalue weighted by Crippen LogP contribution is -2.20. The molecule has 0 aliphatic rings. The van der Waals surface area contributed by atoms with E-state index in [1.54, 1.807) is 0 Å². The molecule has 23 heavy (non-hydrogen) atoms. The van der Waals surface area contributed by atoms with Crippen LogP contribution in [0.15, 0.2) is 29.2 Å². The Morgan fingerprint density at radius 1 is 1.30 bits per heavy atom. The molecular weight excluding hydrogens is 319 g/mol. The molecule has 10 heteroatoms. The quantitative estimate of drug-likeness (QED) is 0.693. The molecule has 0 aliphatic carbocycles. The summed E-state index contributed by atoms with van der Waals surface area (Å²) in [5, 5.41) is 8.58. The van der Waals surface area contributed by atoms with E-state index in [2.05, 4.69) is 9.72 Å². The predicted octanol–water partition coefficient (Wildman–Crippen LogP) is 2.26. The van der Waals surface area contributed by atoms with E-state index in [0.29, 0.717) is 0 Å². The molecule has 0 bridgehead atoms. The molecule has 0 fully saturated rings. The van der Waals surface area contributed by atoms with Crippen LogP contribution < -0.4 is 10.3 Å². The number of carbonyl (C=O) groups is 1. The van der Waals surface area contributed by atoms with Gasteiger partial charge in [0.1, 0.15) is 0 Å². The summed E-state index contributed by atoms with van der Waals surface area (Å²) in [6, 6.07) is 2.88. The minimum Gasteiger partial charge on any atom is -0.449 e. The molecule has 2 heterocycles. The Kier molecular flexibility index (Phi) is 3.06. The molecule has 0 spiro atoms. The van der Waals surface area contributed by atoms with Crippen molar-refractivity contribution < 1.29 is 27.8 Å². The third-order valence-electron chi connectivity index (χ3n) is 3.30. The van der Waals surface area contributed by atoms with E-state index in [1.807, 2.05) is 0 Å². The summed E-state index contributed by atoms with van der Waals surface area (Å²) in [6.45, 7) is 0. The van der Waals surface area contributed by atoms with Crippen LogP contribution in [-0.4, -0.2) is 25.2 Å². The van der Waals surface area contributed by atoms with Crippen LogP contribution >= 0.6 is 0 Å². The van der Waals surface area contributed by atoms with Crippen LogP contribution in [0.2, 0.25) is 0 Å². The molecule has 120 valence electrons. The first-order chi connectivity index (χ1) is 10.7. The molecule has 1 aromatic carbocycles. The van der Waals surface area contributed by atoms with Gasteiger partial charge in [0.2, 0.25) is 11.5 Å². The number of aromatic nitrogens is 3. The van der Waals surface area contributed by atoms with Crippen molar-refractivity contribution in [2.45, 2.75) is 6.18 Å². The molecule has 0 unspecified atom stereocenters. The van der Waals surface area contributed by atoms with Crippen molar-refractivity contribution in [3.8, 4) is 5.88 Å². The number of ether oxygens (including phenoxy) is 1. The molecule has 7 nitrogen and oxygen atoms in total. The number of imidazole rings is 1. The Bertz CT molecular complexity index is 1000. The second-order valence-corrected chi connectivity index (χ2v) is 4.71. The summed E-state index contributed by atoms with van der Waals surface area (Å²) in [5.41, 5.74) is -1.46. The van der Waals surface area contributed by atoms with Crippen molar-refractivity contribution in [2.24, 2.45) is 7.05 Å². The molecule has 1 N–H and O–H groups in total. The van der Waals surface area contributed by atoms with Crippen LogP contribution in [0.1, 0.15) is 5.56 Å². The third kappa shape index (κ3) is 2.37. The van der Waals surface area contributed by atoms with Crippen LogP contribution in [0, 0.1) is 0 Å². The first-order valence-corrected chi connectivity index (χ1v) is 6.18. The molecule has 0 saturated carbocycles. The van der Waals surface area contributed by atoms with Gasteiger partial charge in [0, 0.05) is 7.05 Å². The molecule has 0 amide bonds. The monoisotopic (exact) mass is 327 g/mol. The summed E-state index contributed by atoms with van der Waals surface area (Å²) in [7, 11) is 1.30. The highest BCUT2D eigenvalue weighted by atomic mass is 19.4. The van der Waals surface area contributed by atoms with E-state index in [9.17, 15) is 22.8 Å². The second kappa shape index (κ2) is 4.73. The highest BCUT2D eigenvalue weighted by Crippen LogP contribution is 2.31. The van der Waals surface area contributed by atoms with Gasteiger partial charge in [-0.15, -0.1) is 0 Å². The maximum Gasteiger partial charge on any atom is 0.512 e. The second-order valence-electron chi connectivity index (χ2n) is 4.71. The molecule has 3 rings (SSSR count). The van der Waals surface area contributed by atoms with Gasteiger partial charge < -0.3 is 14.4 Å². The van der Waals surface area contributed by atoms with Gasteiger partial charge in [-0.2, -0.15) is 18.2 Å². The predicted molar refractivity (Wildman–Crippen MR) is 71.6 cm³/mol. The van der Waals surface area contributed by atoms with Crippen LogP contribution in [0.5, 0.6) is 5.88 Å². The Morgan fingerprint density at radius 2 is 2.00 bits per heavy atom. The normalized spacial score (nSPS) is 12.0. The minimum absolute atomic E-state index is 0.0246. The van der Waals surface area contributed by atoms with Crippen molar-refractivity contribution in [3.63, 3.8) is 0 Å². The summed E-state index contributed by atoms with van der Waals surface area (Å²) in [4.78, 5) is 26.5. The number of nitrogens with zero attached hydrogens (tertiary/aromatic N) is 3. The SMILES string of the molecule is Cn1c(=O)c2nc(OC(=O)O)cn2c2ccc(C(F)(F)F)cc21. The lowest BCUT2D eigenvalue weighted by molar-refractivity contribution is -0.137. The van der Waals surface area contributed by atoms with Gasteiger partial charge in [-0.25, -0.2) is 4.79 Å². The summed E-state index contributed by atoms with van der Waals surface area (Å²) in [6.07, 6.45) is -5.04. The fourth-order valence-corrected chi connectivity index (χ4v) is 2.26. The van der Waals surface area contributed by atoms with Crippen LogP contribution in [0.4, 0.5) is 18.0 Å².